The van der Waals surface area contributed by atoms with Crippen molar-refractivity contribution in [3.8, 4) is 0 Å². The van der Waals surface area contributed by atoms with Gasteiger partial charge in [0.05, 0.1) is 0 Å². The molecule has 0 aromatic carbocycles. The molecule has 1 aromatic heterocycles. The van der Waals surface area contributed by atoms with Crippen LogP contribution in [0.25, 0.3) is 0 Å². The highest BCUT2D eigenvalue weighted by Crippen LogP contribution is 1.97. The second kappa shape index (κ2) is 12.7. The van der Waals surface area contributed by atoms with E-state index < -0.39 is 0 Å². The van der Waals surface area contributed by atoms with E-state index in [0.29, 0.717) is 12.5 Å². The topological polar surface area (TPSA) is 87.5 Å². The van der Waals surface area contributed by atoms with Crippen LogP contribution >= 0.6 is 24.0 Å². The molecular formula is C18H32IN5O2. The predicted octanol–water partition coefficient (Wildman–Crippen LogP) is 1.72. The molecule has 0 spiro atoms. The molecule has 0 saturated heterocycles. The van der Waals surface area contributed by atoms with E-state index in [1.54, 1.807) is 22.9 Å². The van der Waals surface area contributed by atoms with Crippen LogP contribution in [0.4, 0.5) is 0 Å². The molecule has 0 bridgehead atoms. The number of pyridine rings is 1. The summed E-state index contributed by atoms with van der Waals surface area (Å²) >= 11 is 0. The van der Waals surface area contributed by atoms with Crippen molar-refractivity contribution in [2.45, 2.75) is 52.6 Å². The number of aromatic nitrogens is 1. The molecule has 0 fully saturated rings. The maximum atomic E-state index is 11.8. The highest BCUT2D eigenvalue weighted by Gasteiger charge is 2.13. The maximum absolute atomic E-state index is 11.8. The summed E-state index contributed by atoms with van der Waals surface area (Å²) in [7, 11) is 0. The number of aryl methyl sites for hydroxylation is 1. The molecule has 1 amide bonds. The van der Waals surface area contributed by atoms with E-state index in [2.05, 4.69) is 20.9 Å². The van der Waals surface area contributed by atoms with Crippen LogP contribution in [0.2, 0.25) is 0 Å². The van der Waals surface area contributed by atoms with E-state index in [9.17, 15) is 9.59 Å². The van der Waals surface area contributed by atoms with Crippen molar-refractivity contribution in [2.24, 2.45) is 4.99 Å². The lowest BCUT2D eigenvalue weighted by molar-refractivity contribution is -0.121. The van der Waals surface area contributed by atoms with Crippen LogP contribution in [-0.2, 0) is 11.3 Å². The van der Waals surface area contributed by atoms with Crippen molar-refractivity contribution < 1.29 is 4.79 Å². The molecule has 0 atom stereocenters. The molecule has 0 unspecified atom stereocenters. The monoisotopic (exact) mass is 477 g/mol. The number of aliphatic imine (C=N–C) groups is 1. The number of rotatable bonds is 8. The molecule has 148 valence electrons. The van der Waals surface area contributed by atoms with Gasteiger partial charge in [0.1, 0.15) is 6.54 Å². The Balaban J connectivity index is 0.00000625. The maximum Gasteiger partial charge on any atom is 0.250 e. The fourth-order valence-corrected chi connectivity index (χ4v) is 2.21. The third kappa shape index (κ3) is 11.1. The first-order valence-electron chi connectivity index (χ1n) is 8.80. The third-order valence-corrected chi connectivity index (χ3v) is 3.26. The van der Waals surface area contributed by atoms with Crippen LogP contribution < -0.4 is 21.5 Å². The zero-order valence-electron chi connectivity index (χ0n) is 16.2. The van der Waals surface area contributed by atoms with Gasteiger partial charge in [-0.15, -0.1) is 24.0 Å². The Bertz CT molecular complexity index is 622. The van der Waals surface area contributed by atoms with Crippen LogP contribution in [0.3, 0.4) is 0 Å². The van der Waals surface area contributed by atoms with Crippen LogP contribution in [0.1, 0.15) is 40.5 Å². The first kappa shape index (κ1) is 24.4. The number of nitrogens with zero attached hydrogens (tertiary/aromatic N) is 2. The third-order valence-electron chi connectivity index (χ3n) is 3.26. The Morgan fingerprint density at radius 2 is 1.92 bits per heavy atom. The number of unbranched alkanes of at least 4 members (excludes halogenated alkanes) is 1. The van der Waals surface area contributed by atoms with Crippen molar-refractivity contribution in [2.75, 3.05) is 19.6 Å². The summed E-state index contributed by atoms with van der Waals surface area (Å²) in [5, 5.41) is 9.22. The van der Waals surface area contributed by atoms with Crippen LogP contribution in [0.15, 0.2) is 34.2 Å². The Labute approximate surface area is 173 Å². The van der Waals surface area contributed by atoms with Crippen LogP contribution in [0.5, 0.6) is 0 Å². The summed E-state index contributed by atoms with van der Waals surface area (Å²) < 4.78 is 1.70. The number of nitrogens with one attached hydrogen (secondary N) is 3. The molecule has 0 aliphatic carbocycles. The van der Waals surface area contributed by atoms with Gasteiger partial charge in [0.15, 0.2) is 5.96 Å². The molecule has 1 rings (SSSR count). The number of hydrogen-bond donors (Lipinski definition) is 3. The SMILES string of the molecule is CCNC(=NCC(=O)NC(C)(C)C)NCCCCn1ccccc1=O.I. The molecule has 3 N–H and O–H groups in total. The molecule has 8 heteroatoms. The first-order chi connectivity index (χ1) is 11.8. The first-order valence-corrected chi connectivity index (χ1v) is 8.80. The second-order valence-corrected chi connectivity index (χ2v) is 6.86. The number of halogens is 1. The van der Waals surface area contributed by atoms with Gasteiger partial charge in [0.25, 0.3) is 0 Å². The minimum atomic E-state index is -0.256. The molecular weight excluding hydrogens is 445 g/mol. The predicted molar refractivity (Wildman–Crippen MR) is 117 cm³/mol. The average Bonchev–Trinajstić information content (AvgIpc) is 2.52. The van der Waals surface area contributed by atoms with Gasteiger partial charge in [0, 0.05) is 37.4 Å². The molecule has 7 nitrogen and oxygen atoms in total. The highest BCUT2D eigenvalue weighted by atomic mass is 127. The minimum absolute atomic E-state index is 0. The van der Waals surface area contributed by atoms with E-state index in [4.69, 9.17) is 0 Å². The van der Waals surface area contributed by atoms with Gasteiger partial charge in [-0.25, -0.2) is 4.99 Å². The second-order valence-electron chi connectivity index (χ2n) is 6.86. The fourth-order valence-electron chi connectivity index (χ4n) is 2.21. The standard InChI is InChI=1S/C18H31N5O2.HI/c1-5-19-17(21-14-15(24)22-18(2,3)4)20-11-7-9-13-23-12-8-6-10-16(23)25;/h6,8,10,12H,5,7,9,11,13-14H2,1-4H3,(H,22,24)(H2,19,20,21);1H. The summed E-state index contributed by atoms with van der Waals surface area (Å²) in [5.41, 5.74) is -0.233. The van der Waals surface area contributed by atoms with E-state index in [0.717, 1.165) is 25.9 Å². The Kier molecular flexibility index (Phi) is 11.9. The molecule has 0 radical (unpaired) electrons. The molecule has 26 heavy (non-hydrogen) atoms. The van der Waals surface area contributed by atoms with Gasteiger partial charge in [0.2, 0.25) is 11.5 Å². The van der Waals surface area contributed by atoms with Gasteiger partial charge in [-0.1, -0.05) is 6.07 Å². The fraction of sp³-hybridized carbons (Fsp3) is 0.611. The number of guanidine groups is 1. The zero-order chi connectivity index (χ0) is 18.7. The summed E-state index contributed by atoms with van der Waals surface area (Å²) in [6, 6.07) is 5.17. The number of amides is 1. The van der Waals surface area contributed by atoms with Crippen molar-refractivity contribution >= 4 is 35.8 Å². The molecule has 0 saturated carbocycles. The van der Waals surface area contributed by atoms with Gasteiger partial charge < -0.3 is 20.5 Å². The average molecular weight is 477 g/mol. The van der Waals surface area contributed by atoms with Crippen molar-refractivity contribution in [3.05, 3.63) is 34.7 Å². The lowest BCUT2D eigenvalue weighted by atomic mass is 10.1. The summed E-state index contributed by atoms with van der Waals surface area (Å²) in [4.78, 5) is 27.7. The summed E-state index contributed by atoms with van der Waals surface area (Å²) in [6.45, 7) is 10.0. The summed E-state index contributed by atoms with van der Waals surface area (Å²) in [6.07, 6.45) is 3.59. The van der Waals surface area contributed by atoms with Crippen molar-refractivity contribution in [1.82, 2.24) is 20.5 Å². The number of carbonyl (C=O) groups excluding carboxylic acids is 1. The molecule has 1 heterocycles. The number of hydrogen-bond acceptors (Lipinski definition) is 3. The lowest BCUT2D eigenvalue weighted by Gasteiger charge is -2.20. The van der Waals surface area contributed by atoms with E-state index in [-0.39, 0.29) is 47.5 Å². The normalized spacial score (nSPS) is 11.5. The van der Waals surface area contributed by atoms with Crippen LogP contribution in [-0.4, -0.2) is 41.6 Å². The van der Waals surface area contributed by atoms with E-state index in [1.165, 1.54) is 0 Å². The Hall–Kier alpha value is -1.58. The van der Waals surface area contributed by atoms with Crippen molar-refractivity contribution in [3.63, 3.8) is 0 Å². The van der Waals surface area contributed by atoms with Crippen molar-refractivity contribution in [1.29, 1.82) is 0 Å². The minimum Gasteiger partial charge on any atom is -0.357 e. The van der Waals surface area contributed by atoms with E-state index >= 15 is 0 Å². The number of carbonyl (C=O) groups is 1. The van der Waals surface area contributed by atoms with Gasteiger partial charge in [-0.2, -0.15) is 0 Å². The Morgan fingerprint density at radius 1 is 1.19 bits per heavy atom. The zero-order valence-corrected chi connectivity index (χ0v) is 18.5. The largest absolute Gasteiger partial charge is 0.357 e. The molecule has 0 aliphatic heterocycles. The molecule has 1 aromatic rings. The van der Waals surface area contributed by atoms with Gasteiger partial charge >= 0.3 is 0 Å². The smallest absolute Gasteiger partial charge is 0.250 e. The summed E-state index contributed by atoms with van der Waals surface area (Å²) in [5.74, 6) is 0.525. The Morgan fingerprint density at radius 3 is 2.54 bits per heavy atom. The van der Waals surface area contributed by atoms with Gasteiger partial charge in [-0.05, 0) is 46.6 Å². The highest BCUT2D eigenvalue weighted by molar-refractivity contribution is 14.0. The van der Waals surface area contributed by atoms with Crippen LogP contribution in [0, 0.1) is 0 Å². The lowest BCUT2D eigenvalue weighted by Crippen LogP contribution is -2.43. The van der Waals surface area contributed by atoms with Gasteiger partial charge in [-0.3, -0.25) is 9.59 Å². The molecule has 0 aliphatic rings. The quantitative estimate of drug-likeness (QED) is 0.230. The van der Waals surface area contributed by atoms with E-state index in [1.807, 2.05) is 33.8 Å².